The molecule has 0 fully saturated rings. The number of rotatable bonds is 8. The summed E-state index contributed by atoms with van der Waals surface area (Å²) in [5.41, 5.74) is 7.81. The van der Waals surface area contributed by atoms with E-state index in [1.807, 2.05) is 6.07 Å². The van der Waals surface area contributed by atoms with Crippen LogP contribution in [0.4, 0.5) is 11.4 Å². The van der Waals surface area contributed by atoms with E-state index in [9.17, 15) is 4.79 Å². The summed E-state index contributed by atoms with van der Waals surface area (Å²) in [6.45, 7) is 8.08. The maximum atomic E-state index is 11.2. The van der Waals surface area contributed by atoms with E-state index in [2.05, 4.69) is 19.2 Å². The van der Waals surface area contributed by atoms with Crippen molar-refractivity contribution in [1.29, 1.82) is 0 Å². The number of hydrogen-bond acceptors (Lipinski definition) is 4. The van der Waals surface area contributed by atoms with Crippen molar-refractivity contribution in [3.8, 4) is 0 Å². The van der Waals surface area contributed by atoms with Crippen LogP contribution in [0.2, 0.25) is 0 Å². The number of nitrogen functional groups attached to an aromatic ring is 1. The molecule has 1 aromatic rings. The number of anilines is 2. The van der Waals surface area contributed by atoms with E-state index in [4.69, 9.17) is 10.5 Å². The highest BCUT2D eigenvalue weighted by molar-refractivity contribution is 5.99. The number of nitrogens with two attached hydrogens (primary N) is 1. The van der Waals surface area contributed by atoms with Crippen molar-refractivity contribution in [3.63, 3.8) is 0 Å². The minimum Gasteiger partial charge on any atom is -0.398 e. The molecule has 106 valence electrons. The Balaban J connectivity index is 2.30. The largest absolute Gasteiger partial charge is 0.398 e. The second kappa shape index (κ2) is 7.79. The van der Waals surface area contributed by atoms with E-state index >= 15 is 0 Å². The lowest BCUT2D eigenvalue weighted by Gasteiger charge is -2.10. The number of nitrogens with one attached hydrogen (secondary N) is 1. The number of ether oxygens (including phenoxy) is 1. The van der Waals surface area contributed by atoms with Crippen molar-refractivity contribution >= 4 is 17.2 Å². The predicted molar refractivity (Wildman–Crippen MR) is 79.6 cm³/mol. The van der Waals surface area contributed by atoms with Gasteiger partial charge in [-0.15, -0.1) is 0 Å². The summed E-state index contributed by atoms with van der Waals surface area (Å²) < 4.78 is 5.51. The normalized spacial score (nSPS) is 10.7. The van der Waals surface area contributed by atoms with Crippen molar-refractivity contribution in [3.05, 3.63) is 23.8 Å². The maximum absolute atomic E-state index is 11.2. The minimum atomic E-state index is -0.0129. The van der Waals surface area contributed by atoms with Crippen LogP contribution < -0.4 is 11.1 Å². The molecule has 3 N–H and O–H groups in total. The highest BCUT2D eigenvalue weighted by Crippen LogP contribution is 2.18. The molecule has 0 heterocycles. The van der Waals surface area contributed by atoms with E-state index in [0.29, 0.717) is 23.8 Å². The van der Waals surface area contributed by atoms with Crippen LogP contribution in [-0.4, -0.2) is 25.5 Å². The van der Waals surface area contributed by atoms with Crippen LogP contribution >= 0.6 is 0 Å². The Morgan fingerprint density at radius 3 is 2.68 bits per heavy atom. The first-order chi connectivity index (χ1) is 9.00. The average Bonchev–Trinajstić information content (AvgIpc) is 2.32. The molecule has 0 atom stereocenters. The molecule has 1 aromatic carbocycles. The molecule has 0 unspecified atom stereocenters. The highest BCUT2D eigenvalue weighted by Gasteiger charge is 2.04. The van der Waals surface area contributed by atoms with Crippen molar-refractivity contribution in [1.82, 2.24) is 0 Å². The molecule has 0 bridgehead atoms. The Hall–Kier alpha value is -1.55. The summed E-state index contributed by atoms with van der Waals surface area (Å²) in [6, 6.07) is 5.39. The summed E-state index contributed by atoms with van der Waals surface area (Å²) in [5, 5.41) is 3.22. The zero-order valence-corrected chi connectivity index (χ0v) is 12.0. The van der Waals surface area contributed by atoms with Gasteiger partial charge in [-0.2, -0.15) is 0 Å². The fourth-order valence-electron chi connectivity index (χ4n) is 1.68. The van der Waals surface area contributed by atoms with Crippen LogP contribution in [0.1, 0.15) is 37.6 Å². The number of benzene rings is 1. The zero-order chi connectivity index (χ0) is 14.3. The molecule has 0 aliphatic carbocycles. The highest BCUT2D eigenvalue weighted by atomic mass is 16.5. The van der Waals surface area contributed by atoms with Crippen LogP contribution in [0.3, 0.4) is 0 Å². The molecular formula is C15H24N2O2. The summed E-state index contributed by atoms with van der Waals surface area (Å²) in [4.78, 5) is 11.2. The summed E-state index contributed by atoms with van der Waals surface area (Å²) in [7, 11) is 0. The van der Waals surface area contributed by atoms with Gasteiger partial charge in [-0.1, -0.05) is 13.8 Å². The zero-order valence-electron chi connectivity index (χ0n) is 12.0. The molecule has 4 heteroatoms. The molecule has 0 aromatic heterocycles. The van der Waals surface area contributed by atoms with Crippen LogP contribution in [-0.2, 0) is 4.74 Å². The first-order valence-electron chi connectivity index (χ1n) is 6.72. The van der Waals surface area contributed by atoms with E-state index < -0.39 is 0 Å². The van der Waals surface area contributed by atoms with Crippen LogP contribution in [0.15, 0.2) is 18.2 Å². The minimum absolute atomic E-state index is 0.0129. The van der Waals surface area contributed by atoms with Crippen molar-refractivity contribution in [2.24, 2.45) is 5.92 Å². The molecule has 4 nitrogen and oxygen atoms in total. The van der Waals surface area contributed by atoms with Gasteiger partial charge in [0, 0.05) is 30.1 Å². The number of hydrogen-bond donors (Lipinski definition) is 2. The lowest BCUT2D eigenvalue weighted by Crippen LogP contribution is -2.11. The van der Waals surface area contributed by atoms with Gasteiger partial charge in [-0.05, 0) is 37.5 Å². The number of Topliss-reactive ketones (excluding diaryl/α,β-unsaturated/α-hetero) is 1. The smallest absolute Gasteiger partial charge is 0.161 e. The third kappa shape index (κ3) is 5.75. The van der Waals surface area contributed by atoms with E-state index in [1.54, 1.807) is 12.1 Å². The molecule has 0 radical (unpaired) electrons. The van der Waals surface area contributed by atoms with Gasteiger partial charge in [-0.25, -0.2) is 0 Å². The molecule has 19 heavy (non-hydrogen) atoms. The van der Waals surface area contributed by atoms with Crippen molar-refractivity contribution < 1.29 is 9.53 Å². The van der Waals surface area contributed by atoms with Crippen molar-refractivity contribution in [2.75, 3.05) is 30.8 Å². The number of carbonyl (C=O) groups is 1. The second-order valence-corrected chi connectivity index (χ2v) is 5.08. The van der Waals surface area contributed by atoms with Gasteiger partial charge in [0.25, 0.3) is 0 Å². The molecular weight excluding hydrogens is 240 g/mol. The fraction of sp³-hybridized carbons (Fsp3) is 0.533. The van der Waals surface area contributed by atoms with Gasteiger partial charge < -0.3 is 15.8 Å². The molecule has 0 saturated carbocycles. The Morgan fingerprint density at radius 1 is 1.37 bits per heavy atom. The number of ketones is 1. The monoisotopic (exact) mass is 264 g/mol. The second-order valence-electron chi connectivity index (χ2n) is 5.08. The van der Waals surface area contributed by atoms with Gasteiger partial charge in [0.05, 0.1) is 6.61 Å². The van der Waals surface area contributed by atoms with Crippen LogP contribution in [0.25, 0.3) is 0 Å². The SMILES string of the molecule is CC(=O)c1ccc(NCCOCCC(C)C)cc1N. The fourth-order valence-corrected chi connectivity index (χ4v) is 1.68. The van der Waals surface area contributed by atoms with Gasteiger partial charge in [0.1, 0.15) is 0 Å². The van der Waals surface area contributed by atoms with Gasteiger partial charge >= 0.3 is 0 Å². The lowest BCUT2D eigenvalue weighted by atomic mass is 10.1. The Bertz CT molecular complexity index is 417. The molecule has 0 spiro atoms. The Labute approximate surface area is 115 Å². The Kier molecular flexibility index (Phi) is 6.36. The van der Waals surface area contributed by atoms with E-state index in [0.717, 1.165) is 25.3 Å². The Morgan fingerprint density at radius 2 is 2.11 bits per heavy atom. The third-order valence-corrected chi connectivity index (χ3v) is 2.85. The molecule has 0 aliphatic rings. The average molecular weight is 264 g/mol. The number of carbonyl (C=O) groups excluding carboxylic acids is 1. The first-order valence-corrected chi connectivity index (χ1v) is 6.72. The quantitative estimate of drug-likeness (QED) is 0.430. The van der Waals surface area contributed by atoms with Crippen LogP contribution in [0.5, 0.6) is 0 Å². The maximum Gasteiger partial charge on any atom is 0.161 e. The summed E-state index contributed by atoms with van der Waals surface area (Å²) >= 11 is 0. The lowest BCUT2D eigenvalue weighted by molar-refractivity contribution is 0.101. The summed E-state index contributed by atoms with van der Waals surface area (Å²) in [6.07, 6.45) is 1.08. The summed E-state index contributed by atoms with van der Waals surface area (Å²) in [5.74, 6) is 0.660. The molecule has 0 amide bonds. The van der Waals surface area contributed by atoms with Crippen molar-refractivity contribution in [2.45, 2.75) is 27.2 Å². The van der Waals surface area contributed by atoms with Gasteiger partial charge in [0.15, 0.2) is 5.78 Å². The van der Waals surface area contributed by atoms with Gasteiger partial charge in [0.2, 0.25) is 0 Å². The molecule has 0 saturated heterocycles. The molecule has 1 rings (SSSR count). The predicted octanol–water partition coefficient (Wildman–Crippen LogP) is 2.95. The topological polar surface area (TPSA) is 64.3 Å². The van der Waals surface area contributed by atoms with E-state index in [1.165, 1.54) is 6.92 Å². The van der Waals surface area contributed by atoms with Gasteiger partial charge in [-0.3, -0.25) is 4.79 Å². The van der Waals surface area contributed by atoms with E-state index in [-0.39, 0.29) is 5.78 Å². The standard InChI is InChI=1S/C15H24N2O2/c1-11(2)6-8-19-9-7-17-13-4-5-14(12(3)18)15(16)10-13/h4-5,10-11,17H,6-9,16H2,1-3H3. The first kappa shape index (κ1) is 15.5. The van der Waals surface area contributed by atoms with Crippen LogP contribution in [0, 0.1) is 5.92 Å². The third-order valence-electron chi connectivity index (χ3n) is 2.85. The molecule has 0 aliphatic heterocycles.